The first-order valence-corrected chi connectivity index (χ1v) is 10.7. The van der Waals surface area contributed by atoms with Crippen LogP contribution in [0.25, 0.3) is 11.8 Å². The van der Waals surface area contributed by atoms with Gasteiger partial charge in [0.15, 0.2) is 18.1 Å². The molecule has 8 nitrogen and oxygen atoms in total. The van der Waals surface area contributed by atoms with Gasteiger partial charge in [-0.2, -0.15) is 5.26 Å². The van der Waals surface area contributed by atoms with Gasteiger partial charge in [0.1, 0.15) is 25.1 Å². The molecule has 1 aliphatic heterocycles. The average Bonchev–Trinajstić information content (AvgIpc) is 3.10. The van der Waals surface area contributed by atoms with Crippen molar-refractivity contribution in [2.24, 2.45) is 0 Å². The van der Waals surface area contributed by atoms with E-state index in [0.717, 1.165) is 22.5 Å². The van der Waals surface area contributed by atoms with Gasteiger partial charge in [-0.15, -0.1) is 0 Å². The number of para-hydroxylation sites is 1. The van der Waals surface area contributed by atoms with Gasteiger partial charge in [-0.1, -0.05) is 24.3 Å². The minimum atomic E-state index is -0.670. The van der Waals surface area contributed by atoms with Crippen LogP contribution in [0, 0.1) is 25.2 Å². The van der Waals surface area contributed by atoms with Crippen LogP contribution in [-0.2, 0) is 14.3 Å². The number of fused-ring (bicyclic) bond motifs is 1. The summed E-state index contributed by atoms with van der Waals surface area (Å²) in [5.41, 5.74) is 3.49. The lowest BCUT2D eigenvalue weighted by Gasteiger charge is -2.18. The lowest BCUT2D eigenvalue weighted by atomic mass is 10.2. The molecule has 3 aromatic rings. The molecule has 1 amide bonds. The molecule has 0 saturated heterocycles. The molecule has 34 heavy (non-hydrogen) atoms. The van der Waals surface area contributed by atoms with Crippen LogP contribution in [0.4, 0.5) is 5.82 Å². The van der Waals surface area contributed by atoms with Crippen LogP contribution in [0.3, 0.4) is 0 Å². The van der Waals surface area contributed by atoms with Crippen molar-refractivity contribution in [2.45, 2.75) is 13.8 Å². The van der Waals surface area contributed by atoms with Crippen LogP contribution in [0.1, 0.15) is 22.4 Å². The first-order chi connectivity index (χ1) is 16.5. The maximum atomic E-state index is 12.6. The van der Waals surface area contributed by atoms with E-state index in [4.69, 9.17) is 14.2 Å². The van der Waals surface area contributed by atoms with E-state index in [0.29, 0.717) is 36.1 Å². The third-order valence-corrected chi connectivity index (χ3v) is 5.42. The Morgan fingerprint density at radius 2 is 1.85 bits per heavy atom. The van der Waals surface area contributed by atoms with E-state index >= 15 is 0 Å². The molecular weight excluding hydrogens is 434 g/mol. The second-order valence-electron chi connectivity index (χ2n) is 7.61. The van der Waals surface area contributed by atoms with Crippen LogP contribution in [0.5, 0.6) is 11.5 Å². The third-order valence-electron chi connectivity index (χ3n) is 5.42. The van der Waals surface area contributed by atoms with Crippen LogP contribution in [0.2, 0.25) is 0 Å². The molecule has 0 saturated carbocycles. The van der Waals surface area contributed by atoms with Gasteiger partial charge in [0.25, 0.3) is 5.91 Å². The van der Waals surface area contributed by atoms with Gasteiger partial charge in [0, 0.05) is 17.5 Å². The number of benzene rings is 2. The topological polar surface area (TPSA) is 103 Å². The van der Waals surface area contributed by atoms with Gasteiger partial charge in [-0.3, -0.25) is 9.36 Å². The van der Waals surface area contributed by atoms with Crippen molar-refractivity contribution < 1.29 is 23.8 Å². The molecule has 0 unspecified atom stereocenters. The predicted octanol–water partition coefficient (Wildman–Crippen LogP) is 3.93. The minimum Gasteiger partial charge on any atom is -0.486 e. The first-order valence-electron chi connectivity index (χ1n) is 10.7. The number of anilines is 1. The predicted molar refractivity (Wildman–Crippen MR) is 126 cm³/mol. The van der Waals surface area contributed by atoms with E-state index in [-0.39, 0.29) is 0 Å². The van der Waals surface area contributed by atoms with E-state index in [1.807, 2.05) is 44.2 Å². The van der Waals surface area contributed by atoms with Crippen LogP contribution >= 0.6 is 0 Å². The van der Waals surface area contributed by atoms with Gasteiger partial charge >= 0.3 is 5.97 Å². The van der Waals surface area contributed by atoms with Crippen LogP contribution in [-0.4, -0.2) is 36.3 Å². The van der Waals surface area contributed by atoms with Crippen LogP contribution in [0.15, 0.2) is 54.6 Å². The summed E-state index contributed by atoms with van der Waals surface area (Å²) in [4.78, 5) is 24.7. The van der Waals surface area contributed by atoms with Gasteiger partial charge in [-0.05, 0) is 55.3 Å². The fourth-order valence-corrected chi connectivity index (χ4v) is 3.64. The zero-order chi connectivity index (χ0) is 24.1. The minimum absolute atomic E-state index is 0.344. The SMILES string of the molecule is Cc1c(C#N)c(NC(=O)COC(=O)/C=C/c2ccc3c(c2)OCCO3)n(-c2ccccc2)c1C. The molecule has 2 aromatic carbocycles. The Morgan fingerprint density at radius 1 is 1.12 bits per heavy atom. The number of nitriles is 1. The zero-order valence-electron chi connectivity index (χ0n) is 18.8. The number of rotatable bonds is 6. The summed E-state index contributed by atoms with van der Waals surface area (Å²) >= 11 is 0. The zero-order valence-corrected chi connectivity index (χ0v) is 18.8. The second kappa shape index (κ2) is 9.96. The molecule has 1 N–H and O–H groups in total. The Morgan fingerprint density at radius 3 is 2.59 bits per heavy atom. The number of ether oxygens (including phenoxy) is 3. The lowest BCUT2D eigenvalue weighted by molar-refractivity contribution is -0.142. The first kappa shape index (κ1) is 22.7. The Bertz CT molecular complexity index is 1300. The number of esters is 1. The van der Waals surface area contributed by atoms with Crippen LogP contribution < -0.4 is 14.8 Å². The number of carbonyl (C=O) groups is 2. The molecule has 0 bridgehead atoms. The highest BCUT2D eigenvalue weighted by atomic mass is 16.6. The number of hydrogen-bond acceptors (Lipinski definition) is 6. The molecule has 0 spiro atoms. The molecule has 0 fully saturated rings. The Hall–Kier alpha value is -4.51. The molecule has 1 aromatic heterocycles. The highest BCUT2D eigenvalue weighted by Gasteiger charge is 2.21. The lowest BCUT2D eigenvalue weighted by Crippen LogP contribution is -2.22. The normalized spacial score (nSPS) is 12.3. The maximum Gasteiger partial charge on any atom is 0.331 e. The number of carbonyl (C=O) groups excluding carboxylic acids is 2. The second-order valence-corrected chi connectivity index (χ2v) is 7.61. The molecule has 0 radical (unpaired) electrons. The van der Waals surface area contributed by atoms with Crippen molar-refractivity contribution in [3.63, 3.8) is 0 Å². The summed E-state index contributed by atoms with van der Waals surface area (Å²) in [7, 11) is 0. The fraction of sp³-hybridized carbons (Fsp3) is 0.192. The average molecular weight is 457 g/mol. The number of hydrogen-bond donors (Lipinski definition) is 1. The summed E-state index contributed by atoms with van der Waals surface area (Å²) in [5.74, 6) is 0.395. The van der Waals surface area contributed by atoms with Crippen molar-refractivity contribution in [2.75, 3.05) is 25.1 Å². The van der Waals surface area contributed by atoms with Crippen molar-refractivity contribution in [1.82, 2.24) is 4.57 Å². The van der Waals surface area contributed by atoms with E-state index in [1.165, 1.54) is 6.08 Å². The maximum absolute atomic E-state index is 12.6. The van der Waals surface area contributed by atoms with Crippen molar-refractivity contribution >= 4 is 23.8 Å². The quantitative estimate of drug-likeness (QED) is 0.444. The fourth-order valence-electron chi connectivity index (χ4n) is 3.64. The van der Waals surface area contributed by atoms with Gasteiger partial charge in [0.05, 0.1) is 5.56 Å². The van der Waals surface area contributed by atoms with E-state index < -0.39 is 18.5 Å². The molecule has 172 valence electrons. The highest BCUT2D eigenvalue weighted by molar-refractivity contribution is 5.95. The summed E-state index contributed by atoms with van der Waals surface area (Å²) in [5, 5.41) is 12.4. The number of nitrogens with zero attached hydrogens (tertiary/aromatic N) is 2. The molecular formula is C26H23N3O5. The Labute approximate surface area is 197 Å². The molecule has 0 aliphatic carbocycles. The number of amides is 1. The molecule has 4 rings (SSSR count). The van der Waals surface area contributed by atoms with Gasteiger partial charge in [0.2, 0.25) is 0 Å². The Balaban J connectivity index is 1.42. The monoisotopic (exact) mass is 457 g/mol. The van der Waals surface area contributed by atoms with Gasteiger partial charge < -0.3 is 19.5 Å². The number of aromatic nitrogens is 1. The third kappa shape index (κ3) is 4.79. The molecule has 1 aliphatic rings. The molecule has 0 atom stereocenters. The molecule has 8 heteroatoms. The largest absolute Gasteiger partial charge is 0.486 e. The summed E-state index contributed by atoms with van der Waals surface area (Å²) in [6.45, 7) is 4.18. The number of nitrogens with one attached hydrogen (secondary N) is 1. The summed E-state index contributed by atoms with van der Waals surface area (Å²) < 4.78 is 17.9. The van der Waals surface area contributed by atoms with E-state index in [9.17, 15) is 14.9 Å². The summed E-state index contributed by atoms with van der Waals surface area (Å²) in [6.07, 6.45) is 2.81. The standard InChI is InChI=1S/C26H23N3O5/c1-17-18(2)29(20-6-4-3-5-7-20)26(21(17)15-27)28-24(30)16-34-25(31)11-9-19-8-10-22-23(14-19)33-13-12-32-22/h3-11,14H,12-13,16H2,1-2H3,(H,28,30)/b11-9+. The smallest absolute Gasteiger partial charge is 0.331 e. The van der Waals surface area contributed by atoms with Crippen molar-refractivity contribution in [3.8, 4) is 23.3 Å². The van der Waals surface area contributed by atoms with Gasteiger partial charge in [-0.25, -0.2) is 4.79 Å². The Kier molecular flexibility index (Phi) is 6.64. The van der Waals surface area contributed by atoms with E-state index in [2.05, 4.69) is 11.4 Å². The van der Waals surface area contributed by atoms with Crippen molar-refractivity contribution in [3.05, 3.63) is 77.0 Å². The summed E-state index contributed by atoms with van der Waals surface area (Å²) in [6, 6.07) is 16.9. The van der Waals surface area contributed by atoms with Crippen molar-refractivity contribution in [1.29, 1.82) is 5.26 Å². The highest BCUT2D eigenvalue weighted by Crippen LogP contribution is 2.31. The van der Waals surface area contributed by atoms with E-state index in [1.54, 1.807) is 28.8 Å². The molecule has 2 heterocycles.